The van der Waals surface area contributed by atoms with Gasteiger partial charge in [-0.3, -0.25) is 14.6 Å². The van der Waals surface area contributed by atoms with Crippen LogP contribution in [-0.4, -0.2) is 28.5 Å². The number of carboxylic acids is 1. The third-order valence-corrected chi connectivity index (χ3v) is 2.94. The Kier molecular flexibility index (Phi) is 4.77. The summed E-state index contributed by atoms with van der Waals surface area (Å²) in [6.45, 7) is -0.165. The van der Waals surface area contributed by atoms with Crippen LogP contribution in [0.3, 0.4) is 0 Å². The van der Waals surface area contributed by atoms with E-state index in [-0.39, 0.29) is 24.2 Å². The second kappa shape index (κ2) is 6.75. The summed E-state index contributed by atoms with van der Waals surface area (Å²) >= 11 is 0. The average Bonchev–Trinajstić information content (AvgIpc) is 2.51. The maximum absolute atomic E-state index is 13.4. The number of amides is 1. The maximum Gasteiger partial charge on any atom is 0.305 e. The van der Waals surface area contributed by atoms with E-state index in [1.165, 1.54) is 30.6 Å². The highest BCUT2D eigenvalue weighted by Gasteiger charge is 2.20. The predicted octanol–water partition coefficient (Wildman–Crippen LogP) is 2.48. The molecule has 0 unspecified atom stereocenters. The molecule has 114 valence electrons. The van der Waals surface area contributed by atoms with Crippen LogP contribution < -0.4 is 4.90 Å². The quantitative estimate of drug-likeness (QED) is 0.921. The number of pyridine rings is 1. The van der Waals surface area contributed by atoms with E-state index in [0.717, 1.165) is 17.0 Å². The molecule has 0 aliphatic heterocycles. The van der Waals surface area contributed by atoms with Crippen LogP contribution in [0, 0.1) is 11.6 Å². The Labute approximate surface area is 124 Å². The van der Waals surface area contributed by atoms with Gasteiger partial charge >= 0.3 is 5.97 Å². The third-order valence-electron chi connectivity index (χ3n) is 2.94. The molecular weight excluding hydrogens is 294 g/mol. The summed E-state index contributed by atoms with van der Waals surface area (Å²) in [6.07, 6.45) is 2.50. The van der Waals surface area contributed by atoms with E-state index in [0.29, 0.717) is 0 Å². The first kappa shape index (κ1) is 15.6. The van der Waals surface area contributed by atoms with Gasteiger partial charge in [-0.15, -0.1) is 0 Å². The van der Waals surface area contributed by atoms with Crippen LogP contribution in [0.5, 0.6) is 0 Å². The van der Waals surface area contributed by atoms with Crippen molar-refractivity contribution in [2.75, 3.05) is 11.4 Å². The SMILES string of the molecule is O=C(O)CCN(C(=O)c1ccncc1)c1ccc(F)c(F)c1. The fraction of sp³-hybridized carbons (Fsp3) is 0.133. The summed E-state index contributed by atoms with van der Waals surface area (Å²) in [7, 11) is 0. The molecule has 5 nitrogen and oxygen atoms in total. The van der Waals surface area contributed by atoms with Gasteiger partial charge < -0.3 is 10.0 Å². The van der Waals surface area contributed by atoms with Crippen molar-refractivity contribution in [3.8, 4) is 0 Å². The number of hydrogen-bond acceptors (Lipinski definition) is 3. The minimum atomic E-state index is -1.11. The summed E-state index contributed by atoms with van der Waals surface area (Å²) in [5.41, 5.74) is 0.354. The number of aromatic nitrogens is 1. The van der Waals surface area contributed by atoms with Gasteiger partial charge in [0.05, 0.1) is 6.42 Å². The van der Waals surface area contributed by atoms with E-state index < -0.39 is 23.5 Å². The van der Waals surface area contributed by atoms with Crippen molar-refractivity contribution in [3.05, 3.63) is 59.9 Å². The van der Waals surface area contributed by atoms with Gasteiger partial charge in [0, 0.05) is 36.3 Å². The zero-order chi connectivity index (χ0) is 16.1. The lowest BCUT2D eigenvalue weighted by Gasteiger charge is -2.22. The molecule has 0 aliphatic rings. The van der Waals surface area contributed by atoms with E-state index in [1.54, 1.807) is 0 Å². The van der Waals surface area contributed by atoms with Crippen LogP contribution in [0.4, 0.5) is 14.5 Å². The standard InChI is InChI=1S/C15H12F2N2O3/c16-12-2-1-11(9-13(12)17)19(8-5-14(20)21)15(22)10-3-6-18-7-4-10/h1-4,6-7,9H,5,8H2,(H,20,21). The molecule has 2 aromatic rings. The molecule has 0 radical (unpaired) electrons. The van der Waals surface area contributed by atoms with Gasteiger partial charge in [0.25, 0.3) is 5.91 Å². The lowest BCUT2D eigenvalue weighted by molar-refractivity contribution is -0.136. The van der Waals surface area contributed by atoms with E-state index in [4.69, 9.17) is 5.11 Å². The van der Waals surface area contributed by atoms with Crippen molar-refractivity contribution in [2.45, 2.75) is 6.42 Å². The molecule has 0 saturated carbocycles. The number of halogens is 2. The molecule has 0 fully saturated rings. The lowest BCUT2D eigenvalue weighted by Crippen LogP contribution is -2.33. The van der Waals surface area contributed by atoms with Crippen LogP contribution in [0.15, 0.2) is 42.7 Å². The number of carbonyl (C=O) groups excluding carboxylic acids is 1. The molecule has 0 atom stereocenters. The van der Waals surface area contributed by atoms with E-state index in [1.807, 2.05) is 0 Å². The van der Waals surface area contributed by atoms with Gasteiger partial charge in [0.2, 0.25) is 0 Å². The van der Waals surface area contributed by atoms with Gasteiger partial charge in [-0.2, -0.15) is 0 Å². The number of carbonyl (C=O) groups is 2. The fourth-order valence-corrected chi connectivity index (χ4v) is 1.86. The molecule has 1 aromatic heterocycles. The van der Waals surface area contributed by atoms with Gasteiger partial charge in [0.15, 0.2) is 11.6 Å². The molecule has 1 aromatic carbocycles. The fourth-order valence-electron chi connectivity index (χ4n) is 1.86. The lowest BCUT2D eigenvalue weighted by atomic mass is 10.2. The smallest absolute Gasteiger partial charge is 0.305 e. The normalized spacial score (nSPS) is 10.3. The van der Waals surface area contributed by atoms with Crippen LogP contribution in [0.2, 0.25) is 0 Å². The number of benzene rings is 1. The first-order valence-electron chi connectivity index (χ1n) is 6.38. The zero-order valence-electron chi connectivity index (χ0n) is 11.4. The molecule has 7 heteroatoms. The minimum absolute atomic E-state index is 0.0852. The van der Waals surface area contributed by atoms with Gasteiger partial charge in [0.1, 0.15) is 0 Å². The number of aliphatic carboxylic acids is 1. The number of carboxylic acid groups (broad SMARTS) is 1. The van der Waals surface area contributed by atoms with E-state index in [2.05, 4.69) is 4.98 Å². The molecule has 1 N–H and O–H groups in total. The molecule has 0 aliphatic carbocycles. The third kappa shape index (κ3) is 3.63. The highest BCUT2D eigenvalue weighted by atomic mass is 19.2. The van der Waals surface area contributed by atoms with Crippen molar-refractivity contribution >= 4 is 17.6 Å². The molecule has 0 saturated heterocycles. The van der Waals surface area contributed by atoms with Crippen LogP contribution >= 0.6 is 0 Å². The Morgan fingerprint density at radius 2 is 1.77 bits per heavy atom. The first-order chi connectivity index (χ1) is 10.5. The van der Waals surface area contributed by atoms with Crippen LogP contribution in [-0.2, 0) is 4.79 Å². The Hall–Kier alpha value is -2.83. The monoisotopic (exact) mass is 306 g/mol. The van der Waals surface area contributed by atoms with Crippen molar-refractivity contribution in [3.63, 3.8) is 0 Å². The summed E-state index contributed by atoms with van der Waals surface area (Å²) in [4.78, 5) is 28.1. The van der Waals surface area contributed by atoms with E-state index >= 15 is 0 Å². The second-order valence-electron chi connectivity index (χ2n) is 4.43. The highest BCUT2D eigenvalue weighted by Crippen LogP contribution is 2.20. The van der Waals surface area contributed by atoms with Gasteiger partial charge in [-0.25, -0.2) is 8.78 Å². The highest BCUT2D eigenvalue weighted by molar-refractivity contribution is 6.06. The summed E-state index contributed by atoms with van der Waals surface area (Å²) in [6, 6.07) is 5.87. The number of nitrogens with zero attached hydrogens (tertiary/aromatic N) is 2. The molecule has 0 bridgehead atoms. The Balaban J connectivity index is 2.35. The maximum atomic E-state index is 13.4. The molecule has 2 rings (SSSR count). The largest absolute Gasteiger partial charge is 0.481 e. The van der Waals surface area contributed by atoms with Crippen molar-refractivity contribution in [1.82, 2.24) is 4.98 Å². The summed E-state index contributed by atoms with van der Waals surface area (Å²) < 4.78 is 26.4. The Bertz CT molecular complexity index is 692. The number of rotatable bonds is 5. The molecular formula is C15H12F2N2O3. The van der Waals surface area contributed by atoms with Crippen LogP contribution in [0.1, 0.15) is 16.8 Å². The molecule has 1 amide bonds. The van der Waals surface area contributed by atoms with E-state index in [9.17, 15) is 18.4 Å². The number of hydrogen-bond donors (Lipinski definition) is 1. The van der Waals surface area contributed by atoms with Crippen molar-refractivity contribution in [1.29, 1.82) is 0 Å². The topological polar surface area (TPSA) is 70.5 Å². The molecule has 22 heavy (non-hydrogen) atoms. The first-order valence-corrected chi connectivity index (χ1v) is 6.38. The second-order valence-corrected chi connectivity index (χ2v) is 4.43. The Morgan fingerprint density at radius 3 is 2.36 bits per heavy atom. The van der Waals surface area contributed by atoms with Crippen LogP contribution in [0.25, 0.3) is 0 Å². The minimum Gasteiger partial charge on any atom is -0.481 e. The number of anilines is 1. The zero-order valence-corrected chi connectivity index (χ0v) is 11.4. The average molecular weight is 306 g/mol. The Morgan fingerprint density at radius 1 is 1.09 bits per heavy atom. The predicted molar refractivity (Wildman–Crippen MR) is 74.5 cm³/mol. The summed E-state index contributed by atoms with van der Waals surface area (Å²) in [5, 5.41) is 8.78. The molecule has 1 heterocycles. The van der Waals surface area contributed by atoms with Gasteiger partial charge in [-0.05, 0) is 24.3 Å². The van der Waals surface area contributed by atoms with Crippen molar-refractivity contribution < 1.29 is 23.5 Å². The summed E-state index contributed by atoms with van der Waals surface area (Å²) in [5.74, 6) is -3.77. The molecule has 0 spiro atoms. The van der Waals surface area contributed by atoms with Gasteiger partial charge in [-0.1, -0.05) is 0 Å². The van der Waals surface area contributed by atoms with Crippen molar-refractivity contribution in [2.24, 2.45) is 0 Å².